The summed E-state index contributed by atoms with van der Waals surface area (Å²) in [6.45, 7) is 9.63. The van der Waals surface area contributed by atoms with Crippen molar-refractivity contribution >= 4 is 23.3 Å². The maximum atomic E-state index is 12.8. The molecule has 1 N–H and O–H groups in total. The summed E-state index contributed by atoms with van der Waals surface area (Å²) >= 11 is 6.07. The van der Waals surface area contributed by atoms with E-state index in [0.717, 1.165) is 29.8 Å². The molecule has 1 aliphatic rings. The van der Waals surface area contributed by atoms with Gasteiger partial charge < -0.3 is 5.32 Å². The Morgan fingerprint density at radius 2 is 2.03 bits per heavy atom. The highest BCUT2D eigenvalue weighted by Gasteiger charge is 2.31. The Kier molecular flexibility index (Phi) is 8.41. The zero-order valence-electron chi connectivity index (χ0n) is 18.7. The zero-order chi connectivity index (χ0) is 22.4. The summed E-state index contributed by atoms with van der Waals surface area (Å²) in [6.07, 6.45) is 2.66. The Labute approximate surface area is 183 Å². The number of carbonyl (C=O) groups is 1. The zero-order valence-corrected chi connectivity index (χ0v) is 19.5. The number of halogens is 1. The van der Waals surface area contributed by atoms with Gasteiger partial charge in [0.25, 0.3) is 0 Å². The molecule has 0 unspecified atom stereocenters. The van der Waals surface area contributed by atoms with E-state index in [2.05, 4.69) is 15.4 Å². The Balaban J connectivity index is 0.00000155. The van der Waals surface area contributed by atoms with E-state index in [9.17, 15) is 9.59 Å². The van der Waals surface area contributed by atoms with Crippen molar-refractivity contribution in [1.82, 2.24) is 19.7 Å². The van der Waals surface area contributed by atoms with Gasteiger partial charge in [-0.3, -0.25) is 9.79 Å². The SMILES string of the molecule is CC.CCc1nn(CC(=O)N[C@@H](C)c2ccc(Cl)c(C)c2)c(=O)n1C(=NC)C1CC1. The second kappa shape index (κ2) is 10.6. The summed E-state index contributed by atoms with van der Waals surface area (Å²) in [4.78, 5) is 29.7. The highest BCUT2D eigenvalue weighted by atomic mass is 35.5. The standard InChI is InChI=1S/C20H26ClN5O2.C2H6/c1-5-17-24-25(20(28)26(17)19(22-4)14-6-7-14)11-18(27)23-13(3)15-8-9-16(21)12(2)10-15;1-2/h8-10,13-14H,5-7,11H2,1-4H3,(H,23,27);1-2H3/t13-;/m0./s1. The van der Waals surface area contributed by atoms with Crippen LogP contribution in [0.3, 0.4) is 0 Å². The van der Waals surface area contributed by atoms with Crippen LogP contribution in [0.15, 0.2) is 28.0 Å². The molecule has 2 aromatic rings. The average Bonchev–Trinajstić information content (AvgIpc) is 3.52. The lowest BCUT2D eigenvalue weighted by Crippen LogP contribution is -2.36. The Morgan fingerprint density at radius 1 is 1.37 bits per heavy atom. The van der Waals surface area contributed by atoms with Gasteiger partial charge in [-0.05, 0) is 43.9 Å². The first-order valence-corrected chi connectivity index (χ1v) is 10.9. The normalized spacial score (nSPS) is 14.7. The van der Waals surface area contributed by atoms with E-state index in [1.165, 1.54) is 4.68 Å². The summed E-state index contributed by atoms with van der Waals surface area (Å²) in [5.74, 6) is 1.42. The molecule has 8 heteroatoms. The van der Waals surface area contributed by atoms with Crippen LogP contribution in [0, 0.1) is 12.8 Å². The van der Waals surface area contributed by atoms with Crippen LogP contribution < -0.4 is 11.0 Å². The third-order valence-corrected chi connectivity index (χ3v) is 5.40. The number of carbonyl (C=O) groups excluding carboxylic acids is 1. The summed E-state index contributed by atoms with van der Waals surface area (Å²) in [6, 6.07) is 5.45. The lowest BCUT2D eigenvalue weighted by atomic mass is 10.1. The lowest BCUT2D eigenvalue weighted by molar-refractivity contribution is -0.122. The van der Waals surface area contributed by atoms with E-state index in [1.807, 2.05) is 52.8 Å². The number of nitrogens with one attached hydrogen (secondary N) is 1. The number of hydrogen-bond acceptors (Lipinski definition) is 4. The van der Waals surface area contributed by atoms with Crippen LogP contribution in [0.2, 0.25) is 5.02 Å². The van der Waals surface area contributed by atoms with Crippen molar-refractivity contribution in [3.8, 4) is 0 Å². The minimum absolute atomic E-state index is 0.128. The van der Waals surface area contributed by atoms with Gasteiger partial charge in [0.2, 0.25) is 5.91 Å². The van der Waals surface area contributed by atoms with Gasteiger partial charge >= 0.3 is 5.69 Å². The first-order chi connectivity index (χ1) is 14.3. The molecule has 1 atom stereocenters. The molecule has 164 valence electrons. The number of rotatable bonds is 6. The highest BCUT2D eigenvalue weighted by molar-refractivity contribution is 6.31. The molecule has 1 aliphatic carbocycles. The second-order valence-electron chi connectivity index (χ2n) is 7.20. The Bertz CT molecular complexity index is 972. The predicted octanol–water partition coefficient (Wildman–Crippen LogP) is 3.76. The smallest absolute Gasteiger partial charge is 0.348 e. The molecule has 1 aromatic heterocycles. The molecular formula is C22H32ClN5O2. The van der Waals surface area contributed by atoms with Crippen LogP contribution in [0.1, 0.15) is 63.5 Å². The molecule has 0 saturated heterocycles. The van der Waals surface area contributed by atoms with Gasteiger partial charge in [-0.2, -0.15) is 5.10 Å². The summed E-state index contributed by atoms with van der Waals surface area (Å²) < 4.78 is 2.79. The van der Waals surface area contributed by atoms with E-state index in [0.29, 0.717) is 23.2 Å². The van der Waals surface area contributed by atoms with E-state index < -0.39 is 0 Å². The third kappa shape index (κ3) is 5.39. The maximum Gasteiger partial charge on any atom is 0.352 e. The highest BCUT2D eigenvalue weighted by Crippen LogP contribution is 2.31. The van der Waals surface area contributed by atoms with Crippen LogP contribution in [0.25, 0.3) is 0 Å². The van der Waals surface area contributed by atoms with Gasteiger partial charge in [-0.15, -0.1) is 0 Å². The number of aromatic nitrogens is 3. The number of nitrogens with zero attached hydrogens (tertiary/aromatic N) is 4. The van der Waals surface area contributed by atoms with Crippen LogP contribution in [-0.4, -0.2) is 33.1 Å². The topological polar surface area (TPSA) is 81.3 Å². The summed E-state index contributed by atoms with van der Waals surface area (Å²) in [7, 11) is 1.69. The molecule has 0 radical (unpaired) electrons. The minimum Gasteiger partial charge on any atom is -0.348 e. The molecule has 0 spiro atoms. The maximum absolute atomic E-state index is 12.8. The van der Waals surface area contributed by atoms with Crippen molar-refractivity contribution in [3.05, 3.63) is 50.7 Å². The van der Waals surface area contributed by atoms with E-state index in [-0.39, 0.29) is 24.2 Å². The molecule has 0 bridgehead atoms. The van der Waals surface area contributed by atoms with Gasteiger partial charge in [0, 0.05) is 24.4 Å². The van der Waals surface area contributed by atoms with E-state index in [1.54, 1.807) is 11.6 Å². The molecule has 0 aliphatic heterocycles. The van der Waals surface area contributed by atoms with E-state index >= 15 is 0 Å². The van der Waals surface area contributed by atoms with Crippen molar-refractivity contribution in [2.75, 3.05) is 7.05 Å². The summed E-state index contributed by atoms with van der Waals surface area (Å²) in [5, 5.41) is 7.97. The number of benzene rings is 1. The van der Waals surface area contributed by atoms with Crippen LogP contribution in [0.4, 0.5) is 0 Å². The van der Waals surface area contributed by atoms with Gasteiger partial charge in [0.05, 0.1) is 6.04 Å². The minimum atomic E-state index is -0.311. The Morgan fingerprint density at radius 3 is 2.57 bits per heavy atom. The van der Waals surface area contributed by atoms with Gasteiger partial charge in [0.15, 0.2) is 0 Å². The predicted molar refractivity (Wildman–Crippen MR) is 121 cm³/mol. The number of hydrogen-bond donors (Lipinski definition) is 1. The molecule has 3 rings (SSSR count). The molecule has 30 heavy (non-hydrogen) atoms. The van der Waals surface area contributed by atoms with Crippen molar-refractivity contribution < 1.29 is 4.79 Å². The lowest BCUT2D eigenvalue weighted by Gasteiger charge is -2.15. The monoisotopic (exact) mass is 433 g/mol. The molecule has 7 nitrogen and oxygen atoms in total. The van der Waals surface area contributed by atoms with Crippen molar-refractivity contribution in [3.63, 3.8) is 0 Å². The quantitative estimate of drug-likeness (QED) is 0.556. The molecule has 1 heterocycles. The van der Waals surface area contributed by atoms with Crippen molar-refractivity contribution in [2.24, 2.45) is 10.9 Å². The largest absolute Gasteiger partial charge is 0.352 e. The third-order valence-electron chi connectivity index (χ3n) is 4.98. The van der Waals surface area contributed by atoms with E-state index in [4.69, 9.17) is 11.6 Å². The van der Waals surface area contributed by atoms with Crippen LogP contribution >= 0.6 is 11.6 Å². The first kappa shape index (κ1) is 23.9. The molecule has 1 aromatic carbocycles. The second-order valence-corrected chi connectivity index (χ2v) is 7.61. The first-order valence-electron chi connectivity index (χ1n) is 10.6. The van der Waals surface area contributed by atoms with Gasteiger partial charge in [-0.1, -0.05) is 44.5 Å². The van der Waals surface area contributed by atoms with Crippen LogP contribution in [-0.2, 0) is 17.8 Å². The Hall–Kier alpha value is -2.41. The van der Waals surface area contributed by atoms with Crippen molar-refractivity contribution in [1.29, 1.82) is 0 Å². The molecule has 1 amide bonds. The number of amides is 1. The fourth-order valence-corrected chi connectivity index (χ4v) is 3.38. The average molecular weight is 434 g/mol. The fourth-order valence-electron chi connectivity index (χ4n) is 3.27. The molecule has 1 saturated carbocycles. The molecule has 1 fully saturated rings. The van der Waals surface area contributed by atoms with Crippen molar-refractivity contribution in [2.45, 2.75) is 66.5 Å². The van der Waals surface area contributed by atoms with Crippen LogP contribution in [0.5, 0.6) is 0 Å². The molecular weight excluding hydrogens is 402 g/mol. The fraction of sp³-hybridized carbons (Fsp3) is 0.545. The van der Waals surface area contributed by atoms with Gasteiger partial charge in [0.1, 0.15) is 18.2 Å². The number of aryl methyl sites for hydroxylation is 2. The van der Waals surface area contributed by atoms with Gasteiger partial charge in [-0.25, -0.2) is 14.0 Å². The number of aliphatic imine (C=N–C) groups is 1. The summed E-state index contributed by atoms with van der Waals surface area (Å²) in [5.41, 5.74) is 1.60.